The summed E-state index contributed by atoms with van der Waals surface area (Å²) in [5.74, 6) is 1.18. The molecule has 0 saturated carbocycles. The van der Waals surface area contributed by atoms with Crippen LogP contribution in [0.2, 0.25) is 0 Å². The van der Waals surface area contributed by atoms with Crippen molar-refractivity contribution in [2.24, 2.45) is 5.73 Å². The van der Waals surface area contributed by atoms with Gasteiger partial charge in [0.2, 0.25) is 0 Å². The molecule has 1 aromatic heterocycles. The van der Waals surface area contributed by atoms with Crippen LogP contribution in [-0.2, 0) is 0 Å². The van der Waals surface area contributed by atoms with Crippen LogP contribution in [0, 0.1) is 12.7 Å². The number of hydrogen-bond donors (Lipinski definition) is 1. The molecule has 0 amide bonds. The van der Waals surface area contributed by atoms with Crippen molar-refractivity contribution >= 4 is 22.7 Å². The zero-order chi connectivity index (χ0) is 14.8. The highest BCUT2D eigenvalue weighted by Gasteiger charge is 2.13. The molecule has 0 spiro atoms. The van der Waals surface area contributed by atoms with Crippen molar-refractivity contribution in [1.82, 2.24) is 0 Å². The van der Waals surface area contributed by atoms with E-state index in [1.807, 2.05) is 31.2 Å². The van der Waals surface area contributed by atoms with Crippen molar-refractivity contribution in [3.05, 3.63) is 65.7 Å². The van der Waals surface area contributed by atoms with Gasteiger partial charge in [0.25, 0.3) is 0 Å². The molecule has 108 valence electrons. The first-order chi connectivity index (χ1) is 10.1. The Morgan fingerprint density at radius 3 is 2.86 bits per heavy atom. The summed E-state index contributed by atoms with van der Waals surface area (Å²) in [4.78, 5) is 0.873. The molecular weight excluding hydrogens is 285 g/mol. The summed E-state index contributed by atoms with van der Waals surface area (Å²) >= 11 is 1.53. The Labute approximate surface area is 127 Å². The molecule has 0 aliphatic carbocycles. The largest absolute Gasteiger partial charge is 0.459 e. The lowest BCUT2D eigenvalue weighted by Gasteiger charge is -2.08. The number of furan rings is 1. The van der Waals surface area contributed by atoms with E-state index in [-0.39, 0.29) is 11.9 Å². The normalized spacial score (nSPS) is 12.7. The fourth-order valence-corrected chi connectivity index (χ4v) is 3.10. The van der Waals surface area contributed by atoms with Gasteiger partial charge in [-0.3, -0.25) is 0 Å². The van der Waals surface area contributed by atoms with Crippen LogP contribution >= 0.6 is 11.8 Å². The maximum atomic E-state index is 13.1. The molecule has 2 N–H and O–H groups in total. The molecule has 0 bridgehead atoms. The summed E-state index contributed by atoms with van der Waals surface area (Å²) in [6, 6.07) is 14.4. The van der Waals surface area contributed by atoms with Crippen molar-refractivity contribution < 1.29 is 8.81 Å². The zero-order valence-electron chi connectivity index (χ0n) is 11.7. The molecule has 0 radical (unpaired) electrons. The van der Waals surface area contributed by atoms with Gasteiger partial charge in [-0.2, -0.15) is 0 Å². The van der Waals surface area contributed by atoms with Gasteiger partial charge in [-0.1, -0.05) is 17.7 Å². The number of aryl methyl sites for hydroxylation is 1. The fourth-order valence-electron chi connectivity index (χ4n) is 2.19. The van der Waals surface area contributed by atoms with Crippen LogP contribution in [-0.4, -0.2) is 5.75 Å². The van der Waals surface area contributed by atoms with Crippen LogP contribution in [0.3, 0.4) is 0 Å². The minimum absolute atomic E-state index is 0.217. The van der Waals surface area contributed by atoms with Crippen molar-refractivity contribution in [3.63, 3.8) is 0 Å². The third kappa shape index (κ3) is 3.28. The summed E-state index contributed by atoms with van der Waals surface area (Å²) in [5.41, 5.74) is 8.22. The molecule has 4 heteroatoms. The first-order valence-corrected chi connectivity index (χ1v) is 7.74. The Kier molecular flexibility index (Phi) is 3.99. The molecule has 1 unspecified atom stereocenters. The molecule has 1 heterocycles. The van der Waals surface area contributed by atoms with E-state index in [4.69, 9.17) is 10.2 Å². The van der Waals surface area contributed by atoms with E-state index in [1.54, 1.807) is 6.07 Å². The number of benzene rings is 2. The minimum atomic E-state index is -0.229. The van der Waals surface area contributed by atoms with Crippen LogP contribution in [0.15, 0.2) is 57.8 Å². The Balaban J connectivity index is 1.73. The van der Waals surface area contributed by atoms with Gasteiger partial charge in [0.05, 0.1) is 6.04 Å². The van der Waals surface area contributed by atoms with Crippen LogP contribution in [0.5, 0.6) is 0 Å². The van der Waals surface area contributed by atoms with Crippen molar-refractivity contribution in [3.8, 4) is 0 Å². The maximum absolute atomic E-state index is 13.1. The van der Waals surface area contributed by atoms with Crippen molar-refractivity contribution in [2.45, 2.75) is 17.9 Å². The van der Waals surface area contributed by atoms with Gasteiger partial charge < -0.3 is 10.2 Å². The van der Waals surface area contributed by atoms with E-state index < -0.39 is 0 Å². The van der Waals surface area contributed by atoms with E-state index >= 15 is 0 Å². The van der Waals surface area contributed by atoms with Gasteiger partial charge in [-0.15, -0.1) is 11.8 Å². The van der Waals surface area contributed by atoms with Crippen LogP contribution in [0.4, 0.5) is 4.39 Å². The predicted molar refractivity (Wildman–Crippen MR) is 85.0 cm³/mol. The second-order valence-corrected chi connectivity index (χ2v) is 6.16. The standard InChI is InChI=1S/C17H16FNOS/c1-11-5-6-16-12(7-11)8-17(20-16)15(19)10-21-14-4-2-3-13(18)9-14/h2-9,15H,10,19H2,1H3. The van der Waals surface area contributed by atoms with E-state index in [9.17, 15) is 4.39 Å². The lowest BCUT2D eigenvalue weighted by molar-refractivity contribution is 0.516. The Morgan fingerprint density at radius 2 is 2.05 bits per heavy atom. The van der Waals surface area contributed by atoms with E-state index in [2.05, 4.69) is 6.07 Å². The Morgan fingerprint density at radius 1 is 1.19 bits per heavy atom. The fraction of sp³-hybridized carbons (Fsp3) is 0.176. The topological polar surface area (TPSA) is 39.2 Å². The van der Waals surface area contributed by atoms with Gasteiger partial charge in [-0.25, -0.2) is 4.39 Å². The highest BCUT2D eigenvalue weighted by atomic mass is 32.2. The second kappa shape index (κ2) is 5.92. The van der Waals surface area contributed by atoms with Crippen molar-refractivity contribution in [1.29, 1.82) is 0 Å². The third-order valence-electron chi connectivity index (χ3n) is 3.28. The molecule has 3 rings (SSSR count). The van der Waals surface area contributed by atoms with Gasteiger partial charge >= 0.3 is 0 Å². The quantitative estimate of drug-likeness (QED) is 0.712. The summed E-state index contributed by atoms with van der Waals surface area (Å²) in [5, 5.41) is 1.07. The second-order valence-electron chi connectivity index (χ2n) is 5.06. The SMILES string of the molecule is Cc1ccc2oc(C(N)CSc3cccc(F)c3)cc2c1. The van der Waals surface area contributed by atoms with Gasteiger partial charge in [0.1, 0.15) is 17.2 Å². The summed E-state index contributed by atoms with van der Waals surface area (Å²) in [6.07, 6.45) is 0. The number of hydrogen-bond acceptors (Lipinski definition) is 3. The smallest absolute Gasteiger partial charge is 0.134 e. The third-order valence-corrected chi connectivity index (χ3v) is 4.40. The number of halogens is 1. The van der Waals surface area contributed by atoms with Gasteiger partial charge in [0.15, 0.2) is 0 Å². The van der Waals surface area contributed by atoms with Crippen LogP contribution in [0.25, 0.3) is 11.0 Å². The van der Waals surface area contributed by atoms with Crippen molar-refractivity contribution in [2.75, 3.05) is 5.75 Å². The van der Waals surface area contributed by atoms with Crippen LogP contribution < -0.4 is 5.73 Å². The monoisotopic (exact) mass is 301 g/mol. The van der Waals surface area contributed by atoms with Crippen LogP contribution in [0.1, 0.15) is 17.4 Å². The molecule has 1 atom stereocenters. The molecule has 0 aliphatic heterocycles. The molecule has 2 nitrogen and oxygen atoms in total. The minimum Gasteiger partial charge on any atom is -0.459 e. The maximum Gasteiger partial charge on any atom is 0.134 e. The summed E-state index contributed by atoms with van der Waals surface area (Å²) in [7, 11) is 0. The number of thioether (sulfide) groups is 1. The molecule has 2 aromatic carbocycles. The average Bonchev–Trinajstić information content (AvgIpc) is 2.88. The first-order valence-electron chi connectivity index (χ1n) is 6.76. The molecule has 21 heavy (non-hydrogen) atoms. The average molecular weight is 301 g/mol. The highest BCUT2D eigenvalue weighted by Crippen LogP contribution is 2.28. The molecule has 0 aliphatic rings. The van der Waals surface area contributed by atoms with E-state index in [0.717, 1.165) is 21.6 Å². The highest BCUT2D eigenvalue weighted by molar-refractivity contribution is 7.99. The molecule has 3 aromatic rings. The summed E-state index contributed by atoms with van der Waals surface area (Å²) < 4.78 is 18.9. The molecule has 0 fully saturated rings. The Hall–Kier alpha value is -1.78. The number of fused-ring (bicyclic) bond motifs is 1. The predicted octanol–water partition coefficient (Wildman–Crippen LogP) is 4.67. The van der Waals surface area contributed by atoms with E-state index in [0.29, 0.717) is 5.75 Å². The van der Waals surface area contributed by atoms with E-state index in [1.165, 1.54) is 29.5 Å². The Bertz CT molecular complexity index is 768. The van der Waals surface area contributed by atoms with Gasteiger partial charge in [0, 0.05) is 16.0 Å². The first kappa shape index (κ1) is 14.2. The van der Waals surface area contributed by atoms with Gasteiger partial charge in [-0.05, 0) is 43.3 Å². The number of nitrogens with two attached hydrogens (primary N) is 1. The number of rotatable bonds is 4. The lowest BCUT2D eigenvalue weighted by atomic mass is 10.2. The molecular formula is C17H16FNOS. The lowest BCUT2D eigenvalue weighted by Crippen LogP contribution is -2.11. The summed E-state index contributed by atoms with van der Waals surface area (Å²) in [6.45, 7) is 2.05. The molecule has 0 saturated heterocycles. The zero-order valence-corrected chi connectivity index (χ0v) is 12.5.